The highest BCUT2D eigenvalue weighted by molar-refractivity contribution is 7.85. The molecule has 0 fully saturated rings. The summed E-state index contributed by atoms with van der Waals surface area (Å²) in [4.78, 5) is 11.7. The molecule has 122 valence electrons. The number of carbonyl (C=O) groups excluding carboxylic acids is 1. The van der Waals surface area contributed by atoms with Gasteiger partial charge in [0.1, 0.15) is 12.2 Å². The highest BCUT2D eigenvalue weighted by Crippen LogP contribution is 2.24. The predicted octanol–water partition coefficient (Wildman–Crippen LogP) is 1.87. The molecule has 0 unspecified atom stereocenters. The Morgan fingerprint density at radius 3 is 2.64 bits per heavy atom. The molecule has 0 saturated carbocycles. The molecule has 8 heteroatoms. The number of hydrogen-bond donors (Lipinski definition) is 0. The van der Waals surface area contributed by atoms with E-state index in [-0.39, 0.29) is 11.3 Å². The van der Waals surface area contributed by atoms with Crippen molar-refractivity contribution in [2.45, 2.75) is 19.4 Å². The number of rotatable bonds is 7. The van der Waals surface area contributed by atoms with E-state index in [9.17, 15) is 22.2 Å². The Morgan fingerprint density at radius 2 is 2.09 bits per heavy atom. The van der Waals surface area contributed by atoms with E-state index >= 15 is 0 Å². The molecule has 1 aromatic carbocycles. The molecule has 6 nitrogen and oxygen atoms in total. The highest BCUT2D eigenvalue weighted by Gasteiger charge is 2.19. The van der Waals surface area contributed by atoms with Crippen LogP contribution in [-0.4, -0.2) is 36.9 Å². The van der Waals surface area contributed by atoms with E-state index in [2.05, 4.69) is 11.3 Å². The monoisotopic (exact) mass is 331 g/mol. The van der Waals surface area contributed by atoms with Gasteiger partial charge < -0.3 is 14.0 Å². The first-order chi connectivity index (χ1) is 10.0. The molecule has 0 radical (unpaired) electrons. The maximum Gasteiger partial charge on any atom is 0.338 e. The lowest BCUT2D eigenvalue weighted by Gasteiger charge is -2.22. The molecular weight excluding hydrogens is 315 g/mol. The Morgan fingerprint density at radius 1 is 1.45 bits per heavy atom. The van der Waals surface area contributed by atoms with Crippen LogP contribution in [0.15, 0.2) is 30.9 Å². The maximum atomic E-state index is 13.7. The largest absolute Gasteiger partial charge is 0.748 e. The van der Waals surface area contributed by atoms with Crippen molar-refractivity contribution >= 4 is 16.1 Å². The molecule has 1 aromatic rings. The van der Waals surface area contributed by atoms with Gasteiger partial charge in [0, 0.05) is 0 Å². The molecule has 0 N–H and O–H groups in total. The third-order valence-electron chi connectivity index (χ3n) is 2.60. The van der Waals surface area contributed by atoms with Gasteiger partial charge in [0.15, 0.2) is 11.6 Å². The van der Waals surface area contributed by atoms with E-state index in [0.29, 0.717) is 0 Å². The molecule has 0 atom stereocenters. The first kappa shape index (κ1) is 18.1. The van der Waals surface area contributed by atoms with Gasteiger partial charge in [-0.1, -0.05) is 6.58 Å². The van der Waals surface area contributed by atoms with Gasteiger partial charge in [0.25, 0.3) is 0 Å². The lowest BCUT2D eigenvalue weighted by atomic mass is 10.1. The van der Waals surface area contributed by atoms with Crippen LogP contribution in [0.2, 0.25) is 0 Å². The minimum absolute atomic E-state index is 0.0282. The van der Waals surface area contributed by atoms with Gasteiger partial charge in [-0.15, -0.1) is 0 Å². The molecule has 22 heavy (non-hydrogen) atoms. The molecule has 1 rings (SSSR count). The lowest BCUT2D eigenvalue weighted by molar-refractivity contribution is 0.0526. The summed E-state index contributed by atoms with van der Waals surface area (Å²) in [6.45, 7) is 6.29. The summed E-state index contributed by atoms with van der Waals surface area (Å²) in [6.07, 6.45) is 1.47. The van der Waals surface area contributed by atoms with Crippen molar-refractivity contribution in [3.63, 3.8) is 0 Å². The standard InChI is InChI=1S/C14H17FO6S/c1-4-14(2,3)21-12-9-10(5-6-11(12)15)13(16)20-7-8-22(17,18)19/h4-6,9H,1,7-8H2,2-3H3,(H,17,18,19)/p-1. The van der Waals surface area contributed by atoms with E-state index in [1.807, 2.05) is 0 Å². The van der Waals surface area contributed by atoms with Crippen molar-refractivity contribution < 1.29 is 31.6 Å². The quantitative estimate of drug-likeness (QED) is 0.430. The van der Waals surface area contributed by atoms with E-state index in [1.165, 1.54) is 6.08 Å². The summed E-state index contributed by atoms with van der Waals surface area (Å²) in [5.74, 6) is -2.55. The average Bonchev–Trinajstić information content (AvgIpc) is 2.39. The predicted molar refractivity (Wildman–Crippen MR) is 76.2 cm³/mol. The van der Waals surface area contributed by atoms with Crippen LogP contribution in [0, 0.1) is 5.82 Å². The molecule has 0 aliphatic carbocycles. The van der Waals surface area contributed by atoms with Gasteiger partial charge in [-0.2, -0.15) is 0 Å². The second-order valence-electron chi connectivity index (χ2n) is 4.95. The molecule has 0 spiro atoms. The van der Waals surface area contributed by atoms with Crippen LogP contribution in [0.25, 0.3) is 0 Å². The molecule has 0 bridgehead atoms. The minimum atomic E-state index is -4.47. The van der Waals surface area contributed by atoms with Crippen LogP contribution in [0.5, 0.6) is 5.75 Å². The van der Waals surface area contributed by atoms with E-state index in [0.717, 1.165) is 18.2 Å². The molecule has 0 heterocycles. The van der Waals surface area contributed by atoms with Crippen molar-refractivity contribution in [1.82, 2.24) is 0 Å². The molecule has 0 saturated heterocycles. The van der Waals surface area contributed by atoms with Gasteiger partial charge >= 0.3 is 5.97 Å². The molecule has 0 aliphatic rings. The van der Waals surface area contributed by atoms with Crippen molar-refractivity contribution in [3.05, 3.63) is 42.2 Å². The highest BCUT2D eigenvalue weighted by atomic mass is 32.2. The fraction of sp³-hybridized carbons (Fsp3) is 0.357. The van der Waals surface area contributed by atoms with Crippen LogP contribution < -0.4 is 4.74 Å². The van der Waals surface area contributed by atoms with Crippen LogP contribution in [0.1, 0.15) is 24.2 Å². The third kappa shape index (κ3) is 5.82. The van der Waals surface area contributed by atoms with Crippen LogP contribution >= 0.6 is 0 Å². The normalized spacial score (nSPS) is 11.8. The SMILES string of the molecule is C=CC(C)(C)Oc1cc(C(=O)OCCS(=O)(=O)[O-])ccc1F. The smallest absolute Gasteiger partial charge is 0.338 e. The van der Waals surface area contributed by atoms with Gasteiger partial charge in [-0.25, -0.2) is 17.6 Å². The molecular formula is C14H16FO6S-. The van der Waals surface area contributed by atoms with Gasteiger partial charge in [-0.05, 0) is 38.1 Å². The van der Waals surface area contributed by atoms with Gasteiger partial charge in [0.05, 0.1) is 21.4 Å². The van der Waals surface area contributed by atoms with Crippen molar-refractivity contribution in [1.29, 1.82) is 0 Å². The van der Waals surface area contributed by atoms with E-state index in [1.54, 1.807) is 13.8 Å². The molecule has 0 aromatic heterocycles. The van der Waals surface area contributed by atoms with Crippen molar-refractivity contribution in [2.24, 2.45) is 0 Å². The lowest BCUT2D eigenvalue weighted by Crippen LogP contribution is -2.25. The van der Waals surface area contributed by atoms with E-state index in [4.69, 9.17) is 4.74 Å². The Balaban J connectivity index is 2.84. The van der Waals surface area contributed by atoms with Crippen molar-refractivity contribution in [3.8, 4) is 5.75 Å². The molecule has 0 aliphatic heterocycles. The minimum Gasteiger partial charge on any atom is -0.748 e. The number of ether oxygens (including phenoxy) is 2. The Hall–Kier alpha value is -1.93. The first-order valence-electron chi connectivity index (χ1n) is 6.27. The average molecular weight is 331 g/mol. The zero-order valence-corrected chi connectivity index (χ0v) is 13.0. The second-order valence-corrected chi connectivity index (χ2v) is 6.48. The summed E-state index contributed by atoms with van der Waals surface area (Å²) < 4.78 is 54.9. The maximum absolute atomic E-state index is 13.7. The fourth-order valence-corrected chi connectivity index (χ4v) is 1.64. The molecule has 0 amide bonds. The number of hydrogen-bond acceptors (Lipinski definition) is 6. The summed E-state index contributed by atoms with van der Waals surface area (Å²) in [6, 6.07) is 3.32. The van der Waals surface area contributed by atoms with E-state index < -0.39 is 39.9 Å². The van der Waals surface area contributed by atoms with Crippen LogP contribution in [0.3, 0.4) is 0 Å². The fourth-order valence-electron chi connectivity index (χ4n) is 1.35. The van der Waals surface area contributed by atoms with Crippen LogP contribution in [-0.2, 0) is 14.9 Å². The number of esters is 1. The summed E-state index contributed by atoms with van der Waals surface area (Å²) in [5.41, 5.74) is -0.875. The number of halogens is 1. The van der Waals surface area contributed by atoms with Gasteiger partial charge in [-0.3, -0.25) is 0 Å². The summed E-state index contributed by atoms with van der Waals surface area (Å²) in [7, 11) is -4.47. The summed E-state index contributed by atoms with van der Waals surface area (Å²) in [5, 5.41) is 0. The first-order valence-corrected chi connectivity index (χ1v) is 7.85. The van der Waals surface area contributed by atoms with Gasteiger partial charge in [0.2, 0.25) is 0 Å². The Bertz CT molecular complexity index is 666. The number of carbonyl (C=O) groups is 1. The Labute approximate surface area is 128 Å². The topological polar surface area (TPSA) is 92.7 Å². The zero-order chi connectivity index (χ0) is 17.0. The second kappa shape index (κ2) is 6.89. The number of benzene rings is 1. The third-order valence-corrected chi connectivity index (χ3v) is 3.26. The van der Waals surface area contributed by atoms with Crippen molar-refractivity contribution in [2.75, 3.05) is 12.4 Å². The van der Waals surface area contributed by atoms with Crippen LogP contribution in [0.4, 0.5) is 4.39 Å². The zero-order valence-electron chi connectivity index (χ0n) is 12.2. The Kier molecular flexibility index (Phi) is 5.67. The summed E-state index contributed by atoms with van der Waals surface area (Å²) >= 11 is 0.